The Morgan fingerprint density at radius 3 is 2.55 bits per heavy atom. The second-order valence-corrected chi connectivity index (χ2v) is 6.88. The van der Waals surface area contributed by atoms with Gasteiger partial charge in [0.05, 0.1) is 6.07 Å². The van der Waals surface area contributed by atoms with Crippen molar-refractivity contribution in [3.63, 3.8) is 0 Å². The average Bonchev–Trinajstić information content (AvgIpc) is 2.37. The lowest BCUT2D eigenvalue weighted by molar-refractivity contribution is 0.136. The number of rotatable bonds is 7. The highest BCUT2D eigenvalue weighted by Crippen LogP contribution is 2.31. The van der Waals surface area contributed by atoms with Gasteiger partial charge in [-0.25, -0.2) is 0 Å². The molecule has 0 spiro atoms. The molecule has 1 fully saturated rings. The fourth-order valence-corrected chi connectivity index (χ4v) is 3.26. The van der Waals surface area contributed by atoms with Crippen molar-refractivity contribution in [2.24, 2.45) is 0 Å². The summed E-state index contributed by atoms with van der Waals surface area (Å²) in [6.45, 7) is 6.50. The summed E-state index contributed by atoms with van der Waals surface area (Å²) in [6.07, 6.45) is 5.51. The topological polar surface area (TPSA) is 42.3 Å². The molecule has 2 atom stereocenters. The highest BCUT2D eigenvalue weighted by atomic mass is 15.1. The molecule has 0 bridgehead atoms. The molecule has 1 saturated carbocycles. The Kier molecular flexibility index (Phi) is 6.94. The molecule has 0 aromatic heterocycles. The predicted octanol–water partition coefficient (Wildman–Crippen LogP) is 2.07. The number of nitriles is 1. The molecule has 0 amide bonds. The van der Waals surface area contributed by atoms with E-state index >= 15 is 0 Å². The molecule has 116 valence electrons. The van der Waals surface area contributed by atoms with Crippen LogP contribution in [0.3, 0.4) is 0 Å². The van der Waals surface area contributed by atoms with Gasteiger partial charge >= 0.3 is 0 Å². The van der Waals surface area contributed by atoms with Gasteiger partial charge in [0.15, 0.2) is 0 Å². The minimum absolute atomic E-state index is 0.313. The zero-order valence-electron chi connectivity index (χ0n) is 13.9. The van der Waals surface area contributed by atoms with Crippen LogP contribution in [0, 0.1) is 11.3 Å². The molecule has 0 aliphatic heterocycles. The van der Waals surface area contributed by atoms with Gasteiger partial charge in [0, 0.05) is 12.1 Å². The molecule has 1 N–H and O–H groups in total. The van der Waals surface area contributed by atoms with Gasteiger partial charge in [-0.3, -0.25) is 5.32 Å². The zero-order valence-corrected chi connectivity index (χ0v) is 13.9. The summed E-state index contributed by atoms with van der Waals surface area (Å²) in [5.41, 5.74) is -0.313. The Morgan fingerprint density at radius 1 is 1.30 bits per heavy atom. The summed E-state index contributed by atoms with van der Waals surface area (Å²) < 4.78 is 0. The van der Waals surface area contributed by atoms with E-state index in [1.807, 2.05) is 0 Å². The van der Waals surface area contributed by atoms with Gasteiger partial charge < -0.3 is 9.80 Å². The van der Waals surface area contributed by atoms with Crippen LogP contribution >= 0.6 is 0 Å². The molecular weight excluding hydrogens is 248 g/mol. The average molecular weight is 280 g/mol. The Morgan fingerprint density at radius 2 is 2.00 bits per heavy atom. The monoisotopic (exact) mass is 280 g/mol. The van der Waals surface area contributed by atoms with Gasteiger partial charge in [-0.15, -0.1) is 0 Å². The van der Waals surface area contributed by atoms with Crippen LogP contribution in [0.2, 0.25) is 0 Å². The lowest BCUT2D eigenvalue weighted by atomic mass is 9.79. The van der Waals surface area contributed by atoms with Gasteiger partial charge in [0.25, 0.3) is 0 Å². The van der Waals surface area contributed by atoms with Crippen molar-refractivity contribution in [1.82, 2.24) is 15.1 Å². The number of hydrogen-bond donors (Lipinski definition) is 1. The van der Waals surface area contributed by atoms with Gasteiger partial charge in [-0.05, 0) is 80.2 Å². The van der Waals surface area contributed by atoms with Gasteiger partial charge in [-0.1, -0.05) is 0 Å². The maximum atomic E-state index is 9.60. The summed E-state index contributed by atoms with van der Waals surface area (Å²) >= 11 is 0. The third kappa shape index (κ3) is 5.40. The standard InChI is InChI=1S/C16H32N4/c1-14(2)18-16(13-17)9-6-8-15(12-16)20(5)11-7-10-19(3)4/h14-15,18H,6-12H2,1-5H3. The van der Waals surface area contributed by atoms with Crippen LogP contribution in [0.5, 0.6) is 0 Å². The minimum Gasteiger partial charge on any atom is -0.309 e. The van der Waals surface area contributed by atoms with E-state index in [0.717, 1.165) is 32.4 Å². The predicted molar refractivity (Wildman–Crippen MR) is 84.7 cm³/mol. The first-order chi connectivity index (χ1) is 9.38. The molecule has 2 unspecified atom stereocenters. The van der Waals surface area contributed by atoms with E-state index in [1.165, 1.54) is 12.8 Å². The first kappa shape index (κ1) is 17.4. The summed E-state index contributed by atoms with van der Waals surface area (Å²) in [7, 11) is 6.45. The van der Waals surface area contributed by atoms with Gasteiger partial charge in [0.2, 0.25) is 0 Å². The van der Waals surface area contributed by atoms with E-state index in [1.54, 1.807) is 0 Å². The first-order valence-electron chi connectivity index (χ1n) is 7.92. The fourth-order valence-electron chi connectivity index (χ4n) is 3.26. The first-order valence-corrected chi connectivity index (χ1v) is 7.92. The van der Waals surface area contributed by atoms with E-state index < -0.39 is 0 Å². The van der Waals surface area contributed by atoms with Crippen molar-refractivity contribution in [1.29, 1.82) is 5.26 Å². The third-order valence-electron chi connectivity index (χ3n) is 4.24. The maximum Gasteiger partial charge on any atom is 0.108 e. The van der Waals surface area contributed by atoms with Crippen LogP contribution in [-0.4, -0.2) is 61.7 Å². The lowest BCUT2D eigenvalue weighted by Crippen LogP contribution is -2.54. The van der Waals surface area contributed by atoms with Crippen molar-refractivity contribution in [2.75, 3.05) is 34.2 Å². The van der Waals surface area contributed by atoms with Crippen LogP contribution < -0.4 is 5.32 Å². The molecule has 1 aliphatic rings. The van der Waals surface area contributed by atoms with Crippen LogP contribution in [0.15, 0.2) is 0 Å². The zero-order chi connectivity index (χ0) is 15.2. The van der Waals surface area contributed by atoms with Crippen molar-refractivity contribution >= 4 is 0 Å². The summed E-state index contributed by atoms with van der Waals surface area (Å²) in [6, 6.07) is 3.47. The summed E-state index contributed by atoms with van der Waals surface area (Å²) in [5, 5.41) is 13.1. The van der Waals surface area contributed by atoms with Gasteiger partial charge in [-0.2, -0.15) is 5.26 Å². The molecule has 0 radical (unpaired) electrons. The van der Waals surface area contributed by atoms with Crippen molar-refractivity contribution < 1.29 is 0 Å². The molecular formula is C16H32N4. The third-order valence-corrected chi connectivity index (χ3v) is 4.24. The Labute approximate surface area is 125 Å². The van der Waals surface area contributed by atoms with E-state index in [0.29, 0.717) is 12.1 Å². The van der Waals surface area contributed by atoms with Crippen molar-refractivity contribution in [3.8, 4) is 6.07 Å². The molecule has 0 aromatic rings. The Balaban J connectivity index is 2.52. The normalized spacial score (nSPS) is 27.2. The van der Waals surface area contributed by atoms with E-state index in [9.17, 15) is 5.26 Å². The SMILES string of the molecule is CC(C)NC1(C#N)CCCC(N(C)CCCN(C)C)C1. The smallest absolute Gasteiger partial charge is 0.108 e. The summed E-state index contributed by atoms with van der Waals surface area (Å²) in [4.78, 5) is 4.69. The lowest BCUT2D eigenvalue weighted by Gasteiger charge is -2.41. The number of nitrogens with one attached hydrogen (secondary N) is 1. The molecule has 4 nitrogen and oxygen atoms in total. The van der Waals surface area contributed by atoms with E-state index in [-0.39, 0.29) is 5.54 Å². The molecule has 1 rings (SSSR count). The molecule has 20 heavy (non-hydrogen) atoms. The number of hydrogen-bond acceptors (Lipinski definition) is 4. The second-order valence-electron chi connectivity index (χ2n) is 6.88. The number of nitrogens with zero attached hydrogens (tertiary/aromatic N) is 3. The van der Waals surface area contributed by atoms with E-state index in [4.69, 9.17) is 0 Å². The Bertz CT molecular complexity index is 321. The van der Waals surface area contributed by atoms with Crippen LogP contribution in [-0.2, 0) is 0 Å². The highest BCUT2D eigenvalue weighted by molar-refractivity contribution is 5.11. The quantitative estimate of drug-likeness (QED) is 0.775. The van der Waals surface area contributed by atoms with Crippen LogP contribution in [0.25, 0.3) is 0 Å². The molecule has 1 aliphatic carbocycles. The second kappa shape index (κ2) is 7.97. The fraction of sp³-hybridized carbons (Fsp3) is 0.938. The molecule has 0 aromatic carbocycles. The molecule has 0 heterocycles. The van der Waals surface area contributed by atoms with Crippen LogP contribution in [0.1, 0.15) is 46.0 Å². The summed E-state index contributed by atoms with van der Waals surface area (Å²) in [5.74, 6) is 0. The maximum absolute atomic E-state index is 9.60. The molecule has 0 saturated heterocycles. The van der Waals surface area contributed by atoms with Crippen LogP contribution in [0.4, 0.5) is 0 Å². The largest absolute Gasteiger partial charge is 0.309 e. The highest BCUT2D eigenvalue weighted by Gasteiger charge is 2.38. The van der Waals surface area contributed by atoms with Crippen molar-refractivity contribution in [2.45, 2.75) is 63.6 Å². The van der Waals surface area contributed by atoms with Gasteiger partial charge in [0.1, 0.15) is 5.54 Å². The molecule has 4 heteroatoms. The Hall–Kier alpha value is -0.630. The van der Waals surface area contributed by atoms with E-state index in [2.05, 4.69) is 56.2 Å². The van der Waals surface area contributed by atoms with Crippen molar-refractivity contribution in [3.05, 3.63) is 0 Å². The minimum atomic E-state index is -0.313.